The Kier molecular flexibility index (Phi) is 3.92. The van der Waals surface area contributed by atoms with Crippen LogP contribution in [-0.4, -0.2) is 33.4 Å². The summed E-state index contributed by atoms with van der Waals surface area (Å²) < 4.78 is 35.3. The van der Waals surface area contributed by atoms with Crippen LogP contribution in [0.25, 0.3) is 0 Å². The third-order valence-corrected chi connectivity index (χ3v) is 2.30. The van der Waals surface area contributed by atoms with Crippen molar-refractivity contribution in [2.45, 2.75) is 32.1 Å². The number of hydrogen-bond acceptors (Lipinski definition) is 2. The third-order valence-electron chi connectivity index (χ3n) is 2.30. The first kappa shape index (κ1) is 12.5. The fraction of sp³-hybridized carbons (Fsp3) is 0.556. The molecule has 1 aliphatic rings. The summed E-state index contributed by atoms with van der Waals surface area (Å²) in [4.78, 5) is 10.2. The lowest BCUT2D eigenvalue weighted by molar-refractivity contribution is 0.0695. The number of alkyl halides is 2. The van der Waals surface area contributed by atoms with E-state index < -0.39 is 18.3 Å². The summed E-state index contributed by atoms with van der Waals surface area (Å²) in [6.45, 7) is 1.34. The van der Waals surface area contributed by atoms with E-state index in [0.29, 0.717) is 12.8 Å². The Bertz CT molecular complexity index is 373. The number of rotatable bonds is 1. The number of halogens is 3. The summed E-state index contributed by atoms with van der Waals surface area (Å²) in [6.07, 6.45) is -0.435. The van der Waals surface area contributed by atoms with Crippen molar-refractivity contribution in [1.82, 2.24) is 10.0 Å². The molecular weight excluding hydrogens is 225 g/mol. The summed E-state index contributed by atoms with van der Waals surface area (Å²) in [5, 5.41) is 11.5. The average molecular weight is 236 g/mol. The Labute approximate surface area is 89.6 Å². The molecule has 0 spiro atoms. The number of carboxylic acids is 1. The Hall–Kier alpha value is -1.53. The predicted molar refractivity (Wildman–Crippen MR) is 49.5 cm³/mol. The maximum Gasteiger partial charge on any atom is 0.339 e. The van der Waals surface area contributed by atoms with Gasteiger partial charge >= 0.3 is 5.97 Å². The molecule has 1 fully saturated rings. The van der Waals surface area contributed by atoms with Gasteiger partial charge in [-0.3, -0.25) is 0 Å². The largest absolute Gasteiger partial charge is 0.478 e. The lowest BCUT2D eigenvalue weighted by Gasteiger charge is -2.21. The van der Waals surface area contributed by atoms with Crippen LogP contribution in [0.2, 0.25) is 0 Å². The van der Waals surface area contributed by atoms with E-state index in [9.17, 15) is 18.1 Å². The van der Waals surface area contributed by atoms with Gasteiger partial charge in [0.05, 0.1) is 11.9 Å². The zero-order valence-corrected chi connectivity index (χ0v) is 8.53. The van der Waals surface area contributed by atoms with Crippen molar-refractivity contribution >= 4 is 5.97 Å². The second-order valence-corrected chi connectivity index (χ2v) is 3.42. The smallest absolute Gasteiger partial charge is 0.339 e. The SMILES string of the molecule is Cc1c(C(=O)O)cnn1F.FC1CCC1F. The highest BCUT2D eigenvalue weighted by Gasteiger charge is 2.29. The summed E-state index contributed by atoms with van der Waals surface area (Å²) in [6, 6.07) is 0. The minimum Gasteiger partial charge on any atom is -0.478 e. The fourth-order valence-corrected chi connectivity index (χ4v) is 1.02. The maximum atomic E-state index is 12.2. The second-order valence-electron chi connectivity index (χ2n) is 3.42. The number of hydrogen-bond donors (Lipinski definition) is 1. The molecular formula is C9H11F3N2O2. The van der Waals surface area contributed by atoms with Crippen LogP contribution in [0.3, 0.4) is 0 Å². The minimum absolute atomic E-state index is 0.00694. The number of carboxylic acid groups (broad SMARTS) is 1. The van der Waals surface area contributed by atoms with E-state index in [-0.39, 0.29) is 16.2 Å². The number of carbonyl (C=O) groups is 1. The van der Waals surface area contributed by atoms with Gasteiger partial charge in [-0.1, -0.05) is 9.39 Å². The van der Waals surface area contributed by atoms with Crippen LogP contribution in [0.15, 0.2) is 6.20 Å². The Morgan fingerprint density at radius 1 is 1.50 bits per heavy atom. The van der Waals surface area contributed by atoms with Crippen molar-refractivity contribution in [1.29, 1.82) is 0 Å². The van der Waals surface area contributed by atoms with Gasteiger partial charge in [-0.05, 0) is 19.8 Å². The van der Waals surface area contributed by atoms with Gasteiger partial charge in [0.2, 0.25) is 0 Å². The highest BCUT2D eigenvalue weighted by Crippen LogP contribution is 2.25. The summed E-state index contributed by atoms with van der Waals surface area (Å²) in [5.74, 6) is -1.17. The molecule has 0 amide bonds. The zero-order chi connectivity index (χ0) is 12.3. The molecule has 1 heterocycles. The first-order valence-electron chi connectivity index (χ1n) is 4.65. The zero-order valence-electron chi connectivity index (χ0n) is 8.53. The van der Waals surface area contributed by atoms with Crippen LogP contribution < -0.4 is 0 Å². The standard InChI is InChI=1S/C5H5FN2O2.C4H6F2/c1-3-4(5(9)10)2-7-8(3)6;5-3-1-2-4(3)6/h2H,1H3,(H,9,10);3-4H,1-2H2. The van der Waals surface area contributed by atoms with Gasteiger partial charge in [-0.2, -0.15) is 0 Å². The number of aromatic nitrogens is 2. The van der Waals surface area contributed by atoms with Gasteiger partial charge in [-0.25, -0.2) is 13.6 Å². The van der Waals surface area contributed by atoms with E-state index in [1.807, 2.05) is 0 Å². The topological polar surface area (TPSA) is 55.1 Å². The lowest BCUT2D eigenvalue weighted by Crippen LogP contribution is -2.28. The van der Waals surface area contributed by atoms with Crippen LogP contribution in [0.4, 0.5) is 13.3 Å². The summed E-state index contributed by atoms with van der Waals surface area (Å²) >= 11 is 0. The first-order valence-corrected chi connectivity index (χ1v) is 4.65. The predicted octanol–water partition coefficient (Wildman–Crippen LogP) is 2.08. The average Bonchev–Trinajstić information content (AvgIpc) is 2.58. The maximum absolute atomic E-state index is 12.2. The van der Waals surface area contributed by atoms with E-state index in [4.69, 9.17) is 5.11 Å². The number of nitrogens with zero attached hydrogens (tertiary/aromatic N) is 2. The van der Waals surface area contributed by atoms with Crippen LogP contribution in [0, 0.1) is 6.92 Å². The molecule has 0 aliphatic heterocycles. The van der Waals surface area contributed by atoms with Crippen molar-refractivity contribution in [3.8, 4) is 0 Å². The molecule has 2 rings (SSSR count). The van der Waals surface area contributed by atoms with E-state index in [1.165, 1.54) is 6.92 Å². The van der Waals surface area contributed by atoms with Crippen LogP contribution in [0.5, 0.6) is 0 Å². The fourth-order valence-electron chi connectivity index (χ4n) is 1.02. The van der Waals surface area contributed by atoms with Gasteiger partial charge in [0.15, 0.2) is 0 Å². The summed E-state index contributed by atoms with van der Waals surface area (Å²) in [7, 11) is 0. The van der Waals surface area contributed by atoms with Crippen LogP contribution in [0.1, 0.15) is 28.9 Å². The van der Waals surface area contributed by atoms with Gasteiger partial charge in [-0.15, -0.1) is 5.10 Å². The second kappa shape index (κ2) is 5.00. The monoisotopic (exact) mass is 236 g/mol. The van der Waals surface area contributed by atoms with E-state index in [2.05, 4.69) is 5.10 Å². The molecule has 0 aromatic carbocycles. The minimum atomic E-state index is -1.17. The highest BCUT2D eigenvalue weighted by molar-refractivity contribution is 5.88. The van der Waals surface area contributed by atoms with E-state index >= 15 is 0 Å². The molecule has 16 heavy (non-hydrogen) atoms. The molecule has 0 saturated heterocycles. The molecule has 1 aliphatic carbocycles. The van der Waals surface area contributed by atoms with E-state index in [0.717, 1.165) is 6.20 Å². The third kappa shape index (κ3) is 2.74. The molecule has 4 nitrogen and oxygen atoms in total. The molecule has 90 valence electrons. The van der Waals surface area contributed by atoms with Crippen molar-refractivity contribution in [3.05, 3.63) is 17.5 Å². The van der Waals surface area contributed by atoms with Crippen LogP contribution >= 0.6 is 0 Å². The molecule has 1 aromatic rings. The molecule has 0 radical (unpaired) electrons. The first-order chi connectivity index (χ1) is 7.43. The van der Waals surface area contributed by atoms with Gasteiger partial charge < -0.3 is 5.11 Å². The molecule has 1 N–H and O–H groups in total. The molecule has 2 atom stereocenters. The highest BCUT2D eigenvalue weighted by atomic mass is 19.2. The molecule has 7 heteroatoms. The molecule has 1 aromatic heterocycles. The van der Waals surface area contributed by atoms with E-state index in [1.54, 1.807) is 0 Å². The molecule has 1 saturated carbocycles. The van der Waals surface area contributed by atoms with Gasteiger partial charge in [0, 0.05) is 0 Å². The lowest BCUT2D eigenvalue weighted by atomic mass is 9.96. The Morgan fingerprint density at radius 2 is 2.00 bits per heavy atom. The summed E-state index contributed by atoms with van der Waals surface area (Å²) in [5.41, 5.74) is -0.102. The molecule has 0 bridgehead atoms. The Morgan fingerprint density at radius 3 is 2.12 bits per heavy atom. The number of aromatic carboxylic acids is 1. The van der Waals surface area contributed by atoms with Crippen LogP contribution in [-0.2, 0) is 0 Å². The molecule has 2 unspecified atom stereocenters. The van der Waals surface area contributed by atoms with Crippen molar-refractivity contribution in [3.63, 3.8) is 0 Å². The normalized spacial score (nSPS) is 23.0. The van der Waals surface area contributed by atoms with Gasteiger partial charge in [0.1, 0.15) is 17.9 Å². The van der Waals surface area contributed by atoms with Crippen molar-refractivity contribution < 1.29 is 23.2 Å². The Balaban J connectivity index is 0.000000181. The van der Waals surface area contributed by atoms with Crippen molar-refractivity contribution in [2.24, 2.45) is 0 Å². The quantitative estimate of drug-likeness (QED) is 0.812. The van der Waals surface area contributed by atoms with Gasteiger partial charge in [0.25, 0.3) is 0 Å². The van der Waals surface area contributed by atoms with Crippen molar-refractivity contribution in [2.75, 3.05) is 0 Å².